The van der Waals surface area contributed by atoms with Crippen LogP contribution in [0.2, 0.25) is 0 Å². The van der Waals surface area contributed by atoms with E-state index in [9.17, 15) is 19.5 Å². The highest BCUT2D eigenvalue weighted by Gasteiger charge is 2.27. The first-order valence-corrected chi connectivity index (χ1v) is 13.3. The van der Waals surface area contributed by atoms with Crippen molar-refractivity contribution in [2.75, 3.05) is 6.54 Å². The van der Waals surface area contributed by atoms with Gasteiger partial charge in [-0.15, -0.1) is 0 Å². The molecule has 0 aliphatic carbocycles. The number of nitrogens with two attached hydrogens (primary N) is 2. The van der Waals surface area contributed by atoms with Crippen molar-refractivity contribution in [3.8, 4) is 0 Å². The van der Waals surface area contributed by atoms with Crippen molar-refractivity contribution in [1.29, 1.82) is 0 Å². The summed E-state index contributed by atoms with van der Waals surface area (Å²) in [4.78, 5) is 45.6. The average molecular weight is 543 g/mol. The molecule has 7 N–H and O–H groups in total. The zero-order valence-electron chi connectivity index (χ0n) is 23.4. The fraction of sp³-hybridized carbons (Fsp3) is 0.536. The molecule has 2 amide bonds. The molecule has 1 unspecified atom stereocenters. The number of nitrogens with zero attached hydrogens (tertiary/aromatic N) is 2. The van der Waals surface area contributed by atoms with Gasteiger partial charge in [0.1, 0.15) is 18.3 Å². The number of carboxylic acids is 1. The summed E-state index contributed by atoms with van der Waals surface area (Å²) < 4.78 is 5.58. The number of carboxylic acid groups (broad SMARTS) is 1. The van der Waals surface area contributed by atoms with Gasteiger partial charge in [-0.05, 0) is 55.6 Å². The van der Waals surface area contributed by atoms with E-state index in [0.717, 1.165) is 12.0 Å². The van der Waals surface area contributed by atoms with Crippen molar-refractivity contribution in [1.82, 2.24) is 15.6 Å². The highest BCUT2D eigenvalue weighted by Crippen LogP contribution is 2.24. The van der Waals surface area contributed by atoms with E-state index in [0.29, 0.717) is 18.8 Å². The number of nitrogens with one attached hydrogen (secondary N) is 2. The summed E-state index contributed by atoms with van der Waals surface area (Å²) in [6.45, 7) is 10.4. The molecule has 0 saturated heterocycles. The van der Waals surface area contributed by atoms with Crippen molar-refractivity contribution in [2.24, 2.45) is 28.3 Å². The Hall–Kier alpha value is -3.89. The SMILES string of the molecule is CC(C)Cc1ccc(C(C)C(=O)N[C@@H](CC(C)C)c2nc(C(=O)N[C@@H](CCCN=C(N)N)C(=O)O)co2)cc1. The Balaban J connectivity index is 2.09. The summed E-state index contributed by atoms with van der Waals surface area (Å²) in [7, 11) is 0. The number of guanidine groups is 1. The van der Waals surface area contributed by atoms with E-state index in [1.165, 1.54) is 11.8 Å². The lowest BCUT2D eigenvalue weighted by atomic mass is 9.95. The van der Waals surface area contributed by atoms with E-state index in [1.54, 1.807) is 0 Å². The van der Waals surface area contributed by atoms with Gasteiger partial charge in [-0.2, -0.15) is 0 Å². The lowest BCUT2D eigenvalue weighted by Crippen LogP contribution is -2.41. The first-order valence-electron chi connectivity index (χ1n) is 13.3. The largest absolute Gasteiger partial charge is 0.480 e. The highest BCUT2D eigenvalue weighted by molar-refractivity contribution is 5.94. The van der Waals surface area contributed by atoms with Crippen molar-refractivity contribution in [3.05, 3.63) is 53.2 Å². The minimum absolute atomic E-state index is 0.0720. The predicted octanol–water partition coefficient (Wildman–Crippen LogP) is 3.12. The molecule has 2 aromatic rings. The van der Waals surface area contributed by atoms with Gasteiger partial charge in [-0.1, -0.05) is 52.0 Å². The van der Waals surface area contributed by atoms with Gasteiger partial charge in [0.25, 0.3) is 5.91 Å². The summed E-state index contributed by atoms with van der Waals surface area (Å²) in [5, 5.41) is 14.9. The maximum absolute atomic E-state index is 13.1. The lowest BCUT2D eigenvalue weighted by Gasteiger charge is -2.20. The van der Waals surface area contributed by atoms with Crippen LogP contribution in [-0.4, -0.2) is 46.4 Å². The molecule has 11 nitrogen and oxygen atoms in total. The smallest absolute Gasteiger partial charge is 0.326 e. The molecule has 0 fully saturated rings. The Morgan fingerprint density at radius 2 is 1.69 bits per heavy atom. The third-order valence-electron chi connectivity index (χ3n) is 6.14. The third-order valence-corrected chi connectivity index (χ3v) is 6.14. The zero-order chi connectivity index (χ0) is 29.1. The van der Waals surface area contributed by atoms with Gasteiger partial charge in [-0.25, -0.2) is 9.78 Å². The maximum atomic E-state index is 13.1. The van der Waals surface area contributed by atoms with E-state index in [1.807, 2.05) is 32.9 Å². The number of benzene rings is 1. The monoisotopic (exact) mass is 542 g/mol. The van der Waals surface area contributed by atoms with Gasteiger partial charge in [-0.3, -0.25) is 14.6 Å². The molecule has 0 aliphatic rings. The van der Waals surface area contributed by atoms with E-state index < -0.39 is 29.9 Å². The molecule has 0 radical (unpaired) electrons. The Kier molecular flexibility index (Phi) is 12.0. The first-order chi connectivity index (χ1) is 18.4. The first kappa shape index (κ1) is 31.3. The quantitative estimate of drug-likeness (QED) is 0.129. The van der Waals surface area contributed by atoms with Gasteiger partial charge in [0.15, 0.2) is 11.7 Å². The molecule has 214 valence electrons. The molecular formula is C28H42N6O5. The standard InChI is InChI=1S/C28H42N6O5/c1-16(2)13-19-8-10-20(11-9-19)18(5)24(35)33-22(14-17(3)4)26-34-23(15-39-26)25(36)32-21(27(37)38)7-6-12-31-28(29)30/h8-11,15-18,21-22H,6-7,12-14H2,1-5H3,(H,32,36)(H,33,35)(H,37,38)(H4,29,30,31)/t18?,21-,22-/m0/s1. The molecule has 1 aromatic heterocycles. The molecule has 0 aliphatic heterocycles. The Bertz CT molecular complexity index is 1120. The predicted molar refractivity (Wildman–Crippen MR) is 149 cm³/mol. The fourth-order valence-electron chi connectivity index (χ4n) is 4.10. The fourth-order valence-corrected chi connectivity index (χ4v) is 4.10. The van der Waals surface area contributed by atoms with Crippen LogP contribution in [0, 0.1) is 11.8 Å². The summed E-state index contributed by atoms with van der Waals surface area (Å²) >= 11 is 0. The lowest BCUT2D eigenvalue weighted by molar-refractivity contribution is -0.139. The molecule has 0 bridgehead atoms. The van der Waals surface area contributed by atoms with Crippen LogP contribution >= 0.6 is 0 Å². The van der Waals surface area contributed by atoms with Crippen molar-refractivity contribution >= 4 is 23.7 Å². The number of aliphatic carboxylic acids is 1. The van der Waals surface area contributed by atoms with Crippen LogP contribution in [0.3, 0.4) is 0 Å². The van der Waals surface area contributed by atoms with E-state index in [2.05, 4.69) is 46.6 Å². The molecular weight excluding hydrogens is 500 g/mol. The molecule has 0 spiro atoms. The van der Waals surface area contributed by atoms with Crippen LogP contribution in [0.1, 0.15) is 93.3 Å². The number of carbonyl (C=O) groups excluding carboxylic acids is 2. The second-order valence-corrected chi connectivity index (χ2v) is 10.6. The van der Waals surface area contributed by atoms with Crippen LogP contribution in [0.25, 0.3) is 0 Å². The topological polar surface area (TPSA) is 186 Å². The number of rotatable bonds is 15. The number of hydrogen-bond donors (Lipinski definition) is 5. The molecule has 0 saturated carbocycles. The number of amides is 2. The molecule has 1 heterocycles. The van der Waals surface area contributed by atoms with Crippen LogP contribution in [-0.2, 0) is 16.0 Å². The van der Waals surface area contributed by atoms with Gasteiger partial charge in [0.2, 0.25) is 11.8 Å². The number of aliphatic imine (C=N–C) groups is 1. The minimum atomic E-state index is -1.19. The van der Waals surface area contributed by atoms with Crippen molar-refractivity contribution in [3.63, 3.8) is 0 Å². The molecule has 3 atom stereocenters. The van der Waals surface area contributed by atoms with Gasteiger partial charge < -0.3 is 31.6 Å². The normalized spacial score (nSPS) is 13.5. The van der Waals surface area contributed by atoms with Gasteiger partial charge in [0.05, 0.1) is 5.92 Å². The Labute approximate surface area is 229 Å². The maximum Gasteiger partial charge on any atom is 0.326 e. The minimum Gasteiger partial charge on any atom is -0.480 e. The van der Waals surface area contributed by atoms with Crippen LogP contribution < -0.4 is 22.1 Å². The summed E-state index contributed by atoms with van der Waals surface area (Å²) in [5.41, 5.74) is 12.6. The average Bonchev–Trinajstić information content (AvgIpc) is 3.35. The summed E-state index contributed by atoms with van der Waals surface area (Å²) in [6.07, 6.45) is 3.17. The van der Waals surface area contributed by atoms with E-state index in [-0.39, 0.29) is 42.3 Å². The Morgan fingerprint density at radius 3 is 2.26 bits per heavy atom. The summed E-state index contributed by atoms with van der Waals surface area (Å²) in [6, 6.07) is 6.35. The summed E-state index contributed by atoms with van der Waals surface area (Å²) in [5.74, 6) is -1.62. The van der Waals surface area contributed by atoms with E-state index >= 15 is 0 Å². The third kappa shape index (κ3) is 10.4. The van der Waals surface area contributed by atoms with Crippen LogP contribution in [0.15, 0.2) is 39.9 Å². The van der Waals surface area contributed by atoms with Gasteiger partial charge >= 0.3 is 5.97 Å². The van der Waals surface area contributed by atoms with Gasteiger partial charge in [0, 0.05) is 6.54 Å². The van der Waals surface area contributed by atoms with E-state index in [4.69, 9.17) is 15.9 Å². The second-order valence-electron chi connectivity index (χ2n) is 10.6. The van der Waals surface area contributed by atoms with Crippen LogP contribution in [0.4, 0.5) is 0 Å². The molecule has 11 heteroatoms. The van der Waals surface area contributed by atoms with Crippen molar-refractivity contribution < 1.29 is 23.9 Å². The molecule has 1 aromatic carbocycles. The number of aromatic nitrogens is 1. The van der Waals surface area contributed by atoms with Crippen LogP contribution in [0.5, 0.6) is 0 Å². The van der Waals surface area contributed by atoms with Crippen molar-refractivity contribution in [2.45, 2.75) is 78.3 Å². The number of hydrogen-bond acceptors (Lipinski definition) is 6. The molecule has 2 rings (SSSR count). The second kappa shape index (κ2) is 14.9. The zero-order valence-corrected chi connectivity index (χ0v) is 23.4. The highest BCUT2D eigenvalue weighted by atomic mass is 16.4. The molecule has 39 heavy (non-hydrogen) atoms. The number of carbonyl (C=O) groups is 3. The number of oxazole rings is 1. The Morgan fingerprint density at radius 1 is 1.03 bits per heavy atom.